The highest BCUT2D eigenvalue weighted by Crippen LogP contribution is 2.39. The van der Waals surface area contributed by atoms with Crippen molar-refractivity contribution in [2.24, 2.45) is 5.73 Å². The fraction of sp³-hybridized carbons (Fsp3) is 0.667. The van der Waals surface area contributed by atoms with E-state index in [1.165, 1.54) is 11.1 Å². The van der Waals surface area contributed by atoms with Crippen molar-refractivity contribution in [3.8, 4) is 5.75 Å². The monoisotopic (exact) mass is 290 g/mol. The third-order valence-electron chi connectivity index (χ3n) is 5.17. The number of aryl methyl sites for hydroxylation is 1. The Hall–Kier alpha value is -1.06. The van der Waals surface area contributed by atoms with Crippen LogP contribution in [0, 0.1) is 0 Å². The van der Waals surface area contributed by atoms with Crippen molar-refractivity contribution in [1.82, 2.24) is 4.90 Å². The predicted octanol–water partition coefficient (Wildman–Crippen LogP) is 3.52. The minimum absolute atomic E-state index is 0.0320. The van der Waals surface area contributed by atoms with E-state index in [9.17, 15) is 0 Å². The second-order valence-corrected chi connectivity index (χ2v) is 6.15. The summed E-state index contributed by atoms with van der Waals surface area (Å²) in [5.41, 5.74) is 9.18. The Kier molecular flexibility index (Phi) is 5.28. The lowest BCUT2D eigenvalue weighted by atomic mass is 9.82. The van der Waals surface area contributed by atoms with E-state index in [0.717, 1.165) is 44.7 Å². The molecule has 3 nitrogen and oxygen atoms in total. The van der Waals surface area contributed by atoms with Gasteiger partial charge in [0, 0.05) is 11.1 Å². The molecule has 21 heavy (non-hydrogen) atoms. The zero-order chi connectivity index (χ0) is 15.5. The quantitative estimate of drug-likeness (QED) is 0.871. The first-order valence-corrected chi connectivity index (χ1v) is 8.33. The van der Waals surface area contributed by atoms with Gasteiger partial charge in [-0.15, -0.1) is 0 Å². The highest BCUT2D eigenvalue weighted by atomic mass is 16.5. The lowest BCUT2D eigenvalue weighted by molar-refractivity contribution is 0.0829. The van der Waals surface area contributed by atoms with Crippen LogP contribution in [0.25, 0.3) is 0 Å². The van der Waals surface area contributed by atoms with E-state index in [1.54, 1.807) is 0 Å². The van der Waals surface area contributed by atoms with Crippen LogP contribution in [0.4, 0.5) is 0 Å². The van der Waals surface area contributed by atoms with Crippen molar-refractivity contribution < 1.29 is 4.74 Å². The maximum atomic E-state index is 6.74. The first kappa shape index (κ1) is 16.3. The van der Waals surface area contributed by atoms with Gasteiger partial charge in [0.15, 0.2) is 0 Å². The largest absolute Gasteiger partial charge is 0.493 e. The molecular weight excluding hydrogens is 260 g/mol. The molecule has 118 valence electrons. The molecule has 1 aliphatic rings. The third kappa shape index (κ3) is 2.95. The van der Waals surface area contributed by atoms with Gasteiger partial charge in [-0.25, -0.2) is 0 Å². The number of para-hydroxylation sites is 1. The highest BCUT2D eigenvalue weighted by molar-refractivity contribution is 5.45. The van der Waals surface area contributed by atoms with Crippen molar-refractivity contribution in [1.29, 1.82) is 0 Å². The van der Waals surface area contributed by atoms with Gasteiger partial charge in [0.1, 0.15) is 5.75 Å². The van der Waals surface area contributed by atoms with Gasteiger partial charge in [-0.1, -0.05) is 39.0 Å². The maximum absolute atomic E-state index is 6.74. The highest BCUT2D eigenvalue weighted by Gasteiger charge is 2.37. The van der Waals surface area contributed by atoms with Gasteiger partial charge in [-0.2, -0.15) is 0 Å². The van der Waals surface area contributed by atoms with Gasteiger partial charge in [0.2, 0.25) is 0 Å². The van der Waals surface area contributed by atoms with E-state index in [1.807, 2.05) is 0 Å². The summed E-state index contributed by atoms with van der Waals surface area (Å²) >= 11 is 0. The number of fused-ring (bicyclic) bond motifs is 1. The van der Waals surface area contributed by atoms with Crippen molar-refractivity contribution in [3.05, 3.63) is 29.3 Å². The molecule has 2 N–H and O–H groups in total. The summed E-state index contributed by atoms with van der Waals surface area (Å²) in [6, 6.07) is 6.41. The molecule has 0 fully saturated rings. The number of hydrogen-bond donors (Lipinski definition) is 1. The summed E-state index contributed by atoms with van der Waals surface area (Å²) in [4.78, 5) is 2.47. The summed E-state index contributed by atoms with van der Waals surface area (Å²) in [6.45, 7) is 11.8. The van der Waals surface area contributed by atoms with Crippen LogP contribution in [-0.2, 0) is 6.42 Å². The summed E-state index contributed by atoms with van der Waals surface area (Å²) in [7, 11) is 0. The zero-order valence-corrected chi connectivity index (χ0v) is 14.0. The Morgan fingerprint density at radius 2 is 2.00 bits per heavy atom. The van der Waals surface area contributed by atoms with Gasteiger partial charge in [-0.05, 0) is 44.8 Å². The molecule has 0 saturated heterocycles. The van der Waals surface area contributed by atoms with Gasteiger partial charge in [0.05, 0.1) is 12.6 Å². The Balaban J connectivity index is 2.40. The lowest BCUT2D eigenvalue weighted by Crippen LogP contribution is -2.53. The number of ether oxygens (including phenoxy) is 1. The van der Waals surface area contributed by atoms with Crippen molar-refractivity contribution in [2.45, 2.75) is 58.5 Å². The first-order chi connectivity index (χ1) is 10.1. The van der Waals surface area contributed by atoms with Crippen LogP contribution in [-0.4, -0.2) is 30.1 Å². The molecule has 2 rings (SSSR count). The maximum Gasteiger partial charge on any atom is 0.127 e. The standard InChI is InChI=1S/C18H30N2O/c1-5-18(4,20(6-2)7-3)17(19)15-12-8-10-14-11-9-13-21-16(14)15/h8,10,12,17H,5-7,9,11,13,19H2,1-4H3. The zero-order valence-electron chi connectivity index (χ0n) is 14.0. The van der Waals surface area contributed by atoms with E-state index in [2.05, 4.69) is 50.8 Å². The fourth-order valence-electron chi connectivity index (χ4n) is 3.58. The first-order valence-electron chi connectivity index (χ1n) is 8.33. The molecule has 0 spiro atoms. The summed E-state index contributed by atoms with van der Waals surface area (Å²) in [5.74, 6) is 1.04. The minimum atomic E-state index is -0.0422. The normalized spacial score (nSPS) is 18.8. The van der Waals surface area contributed by atoms with Crippen LogP contribution < -0.4 is 10.5 Å². The SMILES string of the molecule is CCN(CC)C(C)(CC)C(N)c1cccc2c1OCCC2. The number of nitrogens with zero attached hydrogens (tertiary/aromatic N) is 1. The molecule has 3 heteroatoms. The van der Waals surface area contributed by atoms with Crippen molar-refractivity contribution in [3.63, 3.8) is 0 Å². The van der Waals surface area contributed by atoms with E-state index in [0.29, 0.717) is 0 Å². The molecule has 1 aromatic rings. The molecular formula is C18H30N2O. The molecule has 0 amide bonds. The Labute approximate surface area is 129 Å². The van der Waals surface area contributed by atoms with Crippen molar-refractivity contribution >= 4 is 0 Å². The summed E-state index contributed by atoms with van der Waals surface area (Å²) in [5, 5.41) is 0. The number of nitrogens with two attached hydrogens (primary N) is 1. The smallest absolute Gasteiger partial charge is 0.127 e. The molecule has 0 aliphatic carbocycles. The fourth-order valence-corrected chi connectivity index (χ4v) is 3.58. The molecule has 1 aromatic carbocycles. The summed E-state index contributed by atoms with van der Waals surface area (Å²) < 4.78 is 5.96. The second-order valence-electron chi connectivity index (χ2n) is 6.15. The molecule has 2 unspecified atom stereocenters. The van der Waals surface area contributed by atoms with Crippen LogP contribution in [0.2, 0.25) is 0 Å². The molecule has 1 aliphatic heterocycles. The Morgan fingerprint density at radius 1 is 1.29 bits per heavy atom. The lowest BCUT2D eigenvalue weighted by Gasteiger charge is -2.45. The van der Waals surface area contributed by atoms with Crippen molar-refractivity contribution in [2.75, 3.05) is 19.7 Å². The molecule has 0 bridgehead atoms. The van der Waals surface area contributed by atoms with Gasteiger partial charge < -0.3 is 10.5 Å². The Morgan fingerprint density at radius 3 is 2.62 bits per heavy atom. The number of likely N-dealkylation sites (N-methyl/N-ethyl adjacent to an activating group) is 1. The second kappa shape index (κ2) is 6.80. The van der Waals surface area contributed by atoms with Crippen LogP contribution in [0.15, 0.2) is 18.2 Å². The van der Waals surface area contributed by atoms with Crippen LogP contribution in [0.5, 0.6) is 5.75 Å². The van der Waals surface area contributed by atoms with Gasteiger partial charge in [0.25, 0.3) is 0 Å². The van der Waals surface area contributed by atoms with Crippen LogP contribution in [0.3, 0.4) is 0 Å². The van der Waals surface area contributed by atoms with E-state index in [-0.39, 0.29) is 11.6 Å². The number of hydrogen-bond acceptors (Lipinski definition) is 3. The molecule has 1 heterocycles. The molecule has 2 atom stereocenters. The summed E-state index contributed by atoms with van der Waals surface area (Å²) in [6.07, 6.45) is 3.23. The number of benzene rings is 1. The van der Waals surface area contributed by atoms with E-state index < -0.39 is 0 Å². The van der Waals surface area contributed by atoms with E-state index in [4.69, 9.17) is 10.5 Å². The van der Waals surface area contributed by atoms with Crippen LogP contribution in [0.1, 0.15) is 57.7 Å². The van der Waals surface area contributed by atoms with Gasteiger partial charge in [-0.3, -0.25) is 4.90 Å². The average molecular weight is 290 g/mol. The Bertz CT molecular complexity index is 470. The minimum Gasteiger partial charge on any atom is -0.493 e. The van der Waals surface area contributed by atoms with Crippen LogP contribution >= 0.6 is 0 Å². The molecule has 0 radical (unpaired) electrons. The van der Waals surface area contributed by atoms with Gasteiger partial charge >= 0.3 is 0 Å². The third-order valence-corrected chi connectivity index (χ3v) is 5.17. The topological polar surface area (TPSA) is 38.5 Å². The molecule has 0 aromatic heterocycles. The predicted molar refractivity (Wildman–Crippen MR) is 88.8 cm³/mol. The molecule has 0 saturated carbocycles. The van der Waals surface area contributed by atoms with E-state index >= 15 is 0 Å². The average Bonchev–Trinajstić information content (AvgIpc) is 2.54. The number of rotatable bonds is 6.